The van der Waals surface area contributed by atoms with Crippen LogP contribution in [-0.2, 0) is 4.79 Å². The lowest BCUT2D eigenvalue weighted by Gasteiger charge is -2.23. The van der Waals surface area contributed by atoms with Gasteiger partial charge < -0.3 is 16.0 Å². The number of nitrogens with zero attached hydrogens (tertiary/aromatic N) is 1. The molecule has 0 spiro atoms. The number of guanidine groups is 1. The minimum Gasteiger partial charge on any atom is -0.357 e. The second-order valence-electron chi connectivity index (χ2n) is 5.66. The van der Waals surface area contributed by atoms with Crippen LogP contribution in [0.25, 0.3) is 0 Å². The Morgan fingerprint density at radius 1 is 1.13 bits per heavy atom. The maximum absolute atomic E-state index is 11.7. The van der Waals surface area contributed by atoms with Gasteiger partial charge in [-0.3, -0.25) is 9.79 Å². The molecular weight excluding hydrogens is 423 g/mol. The van der Waals surface area contributed by atoms with E-state index in [-0.39, 0.29) is 35.8 Å². The van der Waals surface area contributed by atoms with Gasteiger partial charge in [-0.1, -0.05) is 6.42 Å². The number of hydrogen-bond donors (Lipinski definition) is 3. The maximum atomic E-state index is 11.7. The van der Waals surface area contributed by atoms with E-state index in [1.54, 1.807) is 0 Å². The first-order valence-electron chi connectivity index (χ1n) is 8.56. The molecule has 0 bridgehead atoms. The van der Waals surface area contributed by atoms with Crippen molar-refractivity contribution >= 4 is 47.6 Å². The highest BCUT2D eigenvalue weighted by Crippen LogP contribution is 2.25. The summed E-state index contributed by atoms with van der Waals surface area (Å²) in [5.41, 5.74) is 0. The average molecular weight is 456 g/mol. The minimum atomic E-state index is 0. The first kappa shape index (κ1) is 22.8. The van der Waals surface area contributed by atoms with Gasteiger partial charge in [-0.15, -0.1) is 24.0 Å². The van der Waals surface area contributed by atoms with Crippen molar-refractivity contribution in [1.29, 1.82) is 0 Å². The summed E-state index contributed by atoms with van der Waals surface area (Å²) in [6, 6.07) is 0. The van der Waals surface area contributed by atoms with Crippen LogP contribution in [0.2, 0.25) is 0 Å². The molecule has 1 aliphatic rings. The van der Waals surface area contributed by atoms with Crippen LogP contribution in [-0.4, -0.2) is 50.1 Å². The Bertz CT molecular complexity index is 338. The van der Waals surface area contributed by atoms with E-state index < -0.39 is 0 Å². The number of amides is 1. The van der Waals surface area contributed by atoms with Crippen molar-refractivity contribution in [2.45, 2.75) is 45.4 Å². The Hall–Kier alpha value is -0.180. The molecule has 1 aliphatic carbocycles. The van der Waals surface area contributed by atoms with E-state index in [0.29, 0.717) is 0 Å². The molecule has 0 aliphatic heterocycles. The van der Waals surface area contributed by atoms with Crippen LogP contribution in [0.15, 0.2) is 4.99 Å². The Kier molecular flexibility index (Phi) is 15.2. The quantitative estimate of drug-likeness (QED) is 0.194. The van der Waals surface area contributed by atoms with Crippen molar-refractivity contribution in [3.8, 4) is 0 Å². The summed E-state index contributed by atoms with van der Waals surface area (Å²) < 4.78 is 0. The number of aliphatic imine (C=N–C) groups is 1. The van der Waals surface area contributed by atoms with E-state index in [9.17, 15) is 4.79 Å². The molecule has 7 heteroatoms. The molecule has 1 amide bonds. The zero-order chi connectivity index (χ0) is 16.0. The molecule has 0 radical (unpaired) electrons. The highest BCUT2D eigenvalue weighted by atomic mass is 127. The first-order valence-corrected chi connectivity index (χ1v) is 9.96. The number of unbranched alkanes of at least 4 members (excludes halogenated alkanes) is 1. The van der Waals surface area contributed by atoms with Gasteiger partial charge in [0.2, 0.25) is 5.91 Å². The van der Waals surface area contributed by atoms with E-state index in [1.165, 1.54) is 25.0 Å². The summed E-state index contributed by atoms with van der Waals surface area (Å²) in [6.07, 6.45) is 8.77. The van der Waals surface area contributed by atoms with Gasteiger partial charge in [0.05, 0.1) is 0 Å². The van der Waals surface area contributed by atoms with Crippen LogP contribution in [0, 0.1) is 5.92 Å². The molecule has 0 unspecified atom stereocenters. The zero-order valence-corrected chi connectivity index (χ0v) is 17.7. The normalized spacial score (nSPS) is 14.6. The van der Waals surface area contributed by atoms with Crippen molar-refractivity contribution < 1.29 is 4.79 Å². The zero-order valence-electron chi connectivity index (χ0n) is 14.5. The third-order valence-electron chi connectivity index (χ3n) is 3.79. The van der Waals surface area contributed by atoms with Gasteiger partial charge in [-0.25, -0.2) is 0 Å². The Labute approximate surface area is 162 Å². The third kappa shape index (κ3) is 11.1. The molecule has 1 saturated carbocycles. The van der Waals surface area contributed by atoms with Crippen molar-refractivity contribution in [3.63, 3.8) is 0 Å². The number of rotatable bonds is 11. The van der Waals surface area contributed by atoms with Gasteiger partial charge in [-0.05, 0) is 51.0 Å². The highest BCUT2D eigenvalue weighted by Gasteiger charge is 2.24. The maximum Gasteiger partial charge on any atom is 0.223 e. The molecule has 5 nitrogen and oxygen atoms in total. The Morgan fingerprint density at radius 3 is 2.48 bits per heavy atom. The molecule has 0 aromatic heterocycles. The van der Waals surface area contributed by atoms with Gasteiger partial charge in [0.25, 0.3) is 0 Å². The summed E-state index contributed by atoms with van der Waals surface area (Å²) in [5.74, 6) is 2.62. The summed E-state index contributed by atoms with van der Waals surface area (Å²) in [7, 11) is 0. The molecule has 0 heterocycles. The van der Waals surface area contributed by atoms with Crippen LogP contribution in [0.5, 0.6) is 0 Å². The molecule has 0 saturated heterocycles. The first-order chi connectivity index (χ1) is 10.8. The van der Waals surface area contributed by atoms with E-state index in [1.807, 2.05) is 11.8 Å². The number of thioether (sulfide) groups is 1. The van der Waals surface area contributed by atoms with Crippen molar-refractivity contribution in [2.75, 3.05) is 38.2 Å². The predicted molar refractivity (Wildman–Crippen MR) is 112 cm³/mol. The molecule has 136 valence electrons. The van der Waals surface area contributed by atoms with Gasteiger partial charge in [0.15, 0.2) is 5.96 Å². The number of carbonyl (C=O) groups excluding carboxylic acids is 1. The largest absolute Gasteiger partial charge is 0.357 e. The van der Waals surface area contributed by atoms with Crippen molar-refractivity contribution in [1.82, 2.24) is 16.0 Å². The molecule has 0 aromatic carbocycles. The Balaban J connectivity index is 0.00000484. The van der Waals surface area contributed by atoms with Crippen LogP contribution < -0.4 is 16.0 Å². The topological polar surface area (TPSA) is 65.5 Å². The number of carbonyl (C=O) groups is 1. The van der Waals surface area contributed by atoms with Gasteiger partial charge in [0, 0.05) is 32.1 Å². The lowest BCUT2D eigenvalue weighted by molar-refractivity contribution is -0.127. The molecule has 1 rings (SSSR count). The summed E-state index contributed by atoms with van der Waals surface area (Å²) >= 11 is 1.89. The standard InChI is InChI=1S/C16H32N4OS.HI/c1-3-17-16(19-10-4-5-13-22-2)20-12-7-11-18-15(21)14-8-6-9-14;/h14H,3-13H2,1-2H3,(H,18,21)(H2,17,19,20);1H. The van der Waals surface area contributed by atoms with Gasteiger partial charge in [-0.2, -0.15) is 11.8 Å². The SMILES string of the molecule is CCNC(=NCCCNC(=O)C1CCC1)NCCCCSC.I. The monoisotopic (exact) mass is 456 g/mol. The molecule has 3 N–H and O–H groups in total. The number of nitrogens with one attached hydrogen (secondary N) is 3. The van der Waals surface area contributed by atoms with Crippen LogP contribution in [0.1, 0.15) is 45.4 Å². The third-order valence-corrected chi connectivity index (χ3v) is 4.49. The second-order valence-corrected chi connectivity index (χ2v) is 6.65. The van der Waals surface area contributed by atoms with Gasteiger partial charge in [0.1, 0.15) is 0 Å². The number of halogens is 1. The van der Waals surface area contributed by atoms with Gasteiger partial charge >= 0.3 is 0 Å². The predicted octanol–water partition coefficient (Wildman–Crippen LogP) is 2.61. The van der Waals surface area contributed by atoms with E-state index in [2.05, 4.69) is 34.1 Å². The number of hydrogen-bond acceptors (Lipinski definition) is 3. The summed E-state index contributed by atoms with van der Waals surface area (Å²) in [4.78, 5) is 16.2. The molecule has 23 heavy (non-hydrogen) atoms. The van der Waals surface area contributed by atoms with E-state index in [4.69, 9.17) is 0 Å². The minimum absolute atomic E-state index is 0. The van der Waals surface area contributed by atoms with Crippen LogP contribution >= 0.6 is 35.7 Å². The lowest BCUT2D eigenvalue weighted by atomic mass is 9.85. The van der Waals surface area contributed by atoms with Crippen LogP contribution in [0.4, 0.5) is 0 Å². The molecule has 0 aromatic rings. The average Bonchev–Trinajstić information content (AvgIpc) is 2.44. The summed E-state index contributed by atoms with van der Waals surface area (Å²) in [5, 5.41) is 9.62. The fraction of sp³-hybridized carbons (Fsp3) is 0.875. The Morgan fingerprint density at radius 2 is 1.87 bits per heavy atom. The highest BCUT2D eigenvalue weighted by molar-refractivity contribution is 14.0. The second kappa shape index (κ2) is 15.4. The molecular formula is C16H33IN4OS. The van der Waals surface area contributed by atoms with Crippen molar-refractivity contribution in [3.05, 3.63) is 0 Å². The fourth-order valence-corrected chi connectivity index (χ4v) is 2.71. The van der Waals surface area contributed by atoms with Crippen LogP contribution in [0.3, 0.4) is 0 Å². The van der Waals surface area contributed by atoms with E-state index in [0.717, 1.165) is 51.4 Å². The fourth-order valence-electron chi connectivity index (χ4n) is 2.22. The molecule has 1 fully saturated rings. The smallest absolute Gasteiger partial charge is 0.223 e. The molecule has 0 atom stereocenters. The summed E-state index contributed by atoms with van der Waals surface area (Å²) in [6.45, 7) is 5.38. The van der Waals surface area contributed by atoms with E-state index >= 15 is 0 Å². The lowest BCUT2D eigenvalue weighted by Crippen LogP contribution is -2.38. The van der Waals surface area contributed by atoms with Crippen molar-refractivity contribution in [2.24, 2.45) is 10.9 Å².